The highest BCUT2D eigenvalue weighted by molar-refractivity contribution is 5.93. The van der Waals surface area contributed by atoms with Gasteiger partial charge in [0.15, 0.2) is 5.96 Å². The number of carbonyl (C=O) groups excluding carboxylic acids is 3. The molecule has 14 nitrogen and oxygen atoms in total. The van der Waals surface area contributed by atoms with Crippen LogP contribution in [0, 0.1) is 0 Å². The fourth-order valence-corrected chi connectivity index (χ4v) is 3.97. The molecule has 0 saturated carbocycles. The maximum atomic E-state index is 12.9. The van der Waals surface area contributed by atoms with Crippen LogP contribution < -0.4 is 38.9 Å². The van der Waals surface area contributed by atoms with Crippen LogP contribution in [0.25, 0.3) is 10.9 Å². The van der Waals surface area contributed by atoms with E-state index < -0.39 is 48.4 Å². The number of nitrogens with zero attached hydrogens (tertiary/aromatic N) is 1. The van der Waals surface area contributed by atoms with Gasteiger partial charge in [-0.3, -0.25) is 19.4 Å². The van der Waals surface area contributed by atoms with Crippen LogP contribution in [0.2, 0.25) is 0 Å². The summed E-state index contributed by atoms with van der Waals surface area (Å²) in [6.45, 7) is 0.206. The molecule has 214 valence electrons. The quantitative estimate of drug-likeness (QED) is 0.0628. The molecule has 3 amide bonds. The molecule has 0 fully saturated rings. The highest BCUT2D eigenvalue weighted by atomic mass is 16.4. The minimum absolute atomic E-state index is 0.0890. The van der Waals surface area contributed by atoms with Gasteiger partial charge < -0.3 is 49.0 Å². The molecule has 13 N–H and O–H groups in total. The van der Waals surface area contributed by atoms with Crippen molar-refractivity contribution in [2.45, 2.75) is 56.7 Å². The number of para-hydroxylation sites is 1. The maximum absolute atomic E-state index is 12.9. The Bertz CT molecular complexity index is 1150. The summed E-state index contributed by atoms with van der Waals surface area (Å²) in [6.07, 6.45) is 3.85. The Labute approximate surface area is 226 Å². The lowest BCUT2D eigenvalue weighted by atomic mass is 10.1. The van der Waals surface area contributed by atoms with E-state index >= 15 is 0 Å². The first kappa shape index (κ1) is 31.1. The van der Waals surface area contributed by atoms with Gasteiger partial charge in [0.05, 0.1) is 12.6 Å². The first-order valence-electron chi connectivity index (χ1n) is 12.8. The highest BCUT2D eigenvalue weighted by Gasteiger charge is 2.26. The van der Waals surface area contributed by atoms with E-state index in [-0.39, 0.29) is 31.8 Å². The van der Waals surface area contributed by atoms with Gasteiger partial charge in [0.1, 0.15) is 12.1 Å². The van der Waals surface area contributed by atoms with E-state index in [0.717, 1.165) is 16.5 Å². The largest absolute Gasteiger partial charge is 0.480 e. The number of unbranched alkanes of at least 4 members (excludes halogenated alkanes) is 1. The molecule has 1 aromatic carbocycles. The van der Waals surface area contributed by atoms with Crippen molar-refractivity contribution in [1.82, 2.24) is 20.9 Å². The minimum atomic E-state index is -1.23. The van der Waals surface area contributed by atoms with Crippen LogP contribution in [0.3, 0.4) is 0 Å². The van der Waals surface area contributed by atoms with Gasteiger partial charge in [0.25, 0.3) is 0 Å². The van der Waals surface area contributed by atoms with E-state index in [0.29, 0.717) is 25.8 Å². The lowest BCUT2D eigenvalue weighted by molar-refractivity contribution is -0.142. The monoisotopic (exact) mass is 545 g/mol. The molecular weight excluding hydrogens is 506 g/mol. The summed E-state index contributed by atoms with van der Waals surface area (Å²) in [7, 11) is 0. The maximum Gasteiger partial charge on any atom is 0.326 e. The summed E-state index contributed by atoms with van der Waals surface area (Å²) in [4.78, 5) is 56.5. The lowest BCUT2D eigenvalue weighted by Gasteiger charge is -2.22. The smallest absolute Gasteiger partial charge is 0.326 e. The predicted molar refractivity (Wildman–Crippen MR) is 147 cm³/mol. The molecule has 0 saturated heterocycles. The van der Waals surface area contributed by atoms with E-state index in [1.807, 2.05) is 24.3 Å². The molecule has 0 aliphatic rings. The number of fused-ring (bicyclic) bond motifs is 1. The number of nitrogens with one attached hydrogen (secondary N) is 4. The summed E-state index contributed by atoms with van der Waals surface area (Å²) >= 11 is 0. The molecule has 2 aromatic rings. The third-order valence-corrected chi connectivity index (χ3v) is 6.03. The Morgan fingerprint density at radius 3 is 2.38 bits per heavy atom. The van der Waals surface area contributed by atoms with Crippen molar-refractivity contribution in [3.8, 4) is 0 Å². The summed E-state index contributed by atoms with van der Waals surface area (Å²) in [5.41, 5.74) is 23.9. The highest BCUT2D eigenvalue weighted by Crippen LogP contribution is 2.18. The SMILES string of the molecule is NCCCCC(NC(=O)CNC(=O)C(N)Cc1c[nH]c2ccccc12)C(=O)NC(CCCN=C(N)N)C(=O)O. The Morgan fingerprint density at radius 2 is 1.69 bits per heavy atom. The number of aromatic amines is 1. The van der Waals surface area contributed by atoms with Gasteiger partial charge >= 0.3 is 5.97 Å². The number of aliphatic carboxylic acids is 1. The number of rotatable bonds is 17. The van der Waals surface area contributed by atoms with Crippen molar-refractivity contribution in [3.05, 3.63) is 36.0 Å². The number of H-pyrrole nitrogens is 1. The second-order valence-electron chi connectivity index (χ2n) is 9.14. The number of aliphatic imine (C=N–C) groups is 1. The van der Waals surface area contributed by atoms with Gasteiger partial charge in [-0.2, -0.15) is 0 Å². The summed E-state index contributed by atoms with van der Waals surface area (Å²) in [6, 6.07) is 4.53. The zero-order valence-corrected chi connectivity index (χ0v) is 21.8. The summed E-state index contributed by atoms with van der Waals surface area (Å²) in [5.74, 6) is -3.13. The number of hydrogen-bond acceptors (Lipinski definition) is 7. The zero-order valence-electron chi connectivity index (χ0n) is 21.8. The van der Waals surface area contributed by atoms with Crippen LogP contribution in [-0.2, 0) is 25.6 Å². The van der Waals surface area contributed by atoms with Crippen molar-refractivity contribution in [3.63, 3.8) is 0 Å². The number of hydrogen-bond donors (Lipinski definition) is 9. The number of benzene rings is 1. The van der Waals surface area contributed by atoms with Gasteiger partial charge in [0, 0.05) is 23.6 Å². The van der Waals surface area contributed by atoms with E-state index in [2.05, 4.69) is 25.9 Å². The second kappa shape index (κ2) is 15.9. The average Bonchev–Trinajstić information content (AvgIpc) is 3.30. The number of amides is 3. The van der Waals surface area contributed by atoms with Crippen molar-refractivity contribution in [1.29, 1.82) is 0 Å². The molecular formula is C25H39N9O5. The molecule has 0 spiro atoms. The fraction of sp³-hybridized carbons (Fsp3) is 0.480. The van der Waals surface area contributed by atoms with Crippen molar-refractivity contribution < 1.29 is 24.3 Å². The molecule has 1 heterocycles. The Kier molecular flexibility index (Phi) is 12.7. The van der Waals surface area contributed by atoms with Gasteiger partial charge in [0.2, 0.25) is 17.7 Å². The van der Waals surface area contributed by atoms with Crippen molar-refractivity contribution >= 4 is 40.6 Å². The predicted octanol–water partition coefficient (Wildman–Crippen LogP) is -1.61. The van der Waals surface area contributed by atoms with Crippen LogP contribution in [0.4, 0.5) is 0 Å². The summed E-state index contributed by atoms with van der Waals surface area (Å²) in [5, 5.41) is 18.0. The van der Waals surface area contributed by atoms with E-state index in [4.69, 9.17) is 22.9 Å². The first-order valence-corrected chi connectivity index (χ1v) is 12.8. The molecule has 0 aliphatic heterocycles. The van der Waals surface area contributed by atoms with E-state index in [1.54, 1.807) is 6.20 Å². The molecule has 2 rings (SSSR count). The molecule has 0 aliphatic carbocycles. The van der Waals surface area contributed by atoms with Crippen LogP contribution in [0.15, 0.2) is 35.5 Å². The van der Waals surface area contributed by atoms with Crippen molar-refractivity contribution in [2.75, 3.05) is 19.6 Å². The van der Waals surface area contributed by atoms with Gasteiger partial charge in [-0.25, -0.2) is 4.79 Å². The Balaban J connectivity index is 1.91. The minimum Gasteiger partial charge on any atom is -0.480 e. The first-order chi connectivity index (χ1) is 18.6. The van der Waals surface area contributed by atoms with Crippen LogP contribution in [-0.4, -0.2) is 77.5 Å². The fourth-order valence-electron chi connectivity index (χ4n) is 3.97. The number of aromatic nitrogens is 1. The third-order valence-electron chi connectivity index (χ3n) is 6.03. The molecule has 14 heteroatoms. The number of carboxylic acid groups (broad SMARTS) is 1. The molecule has 3 unspecified atom stereocenters. The Hall–Kier alpha value is -4.17. The number of guanidine groups is 1. The van der Waals surface area contributed by atoms with Gasteiger partial charge in [-0.05, 0) is 56.7 Å². The zero-order chi connectivity index (χ0) is 28.8. The van der Waals surface area contributed by atoms with Crippen LogP contribution in [0.5, 0.6) is 0 Å². The molecule has 0 radical (unpaired) electrons. The van der Waals surface area contributed by atoms with E-state index in [1.165, 1.54) is 0 Å². The number of nitrogens with two attached hydrogens (primary N) is 4. The Morgan fingerprint density at radius 1 is 0.974 bits per heavy atom. The lowest BCUT2D eigenvalue weighted by Crippen LogP contribution is -2.53. The van der Waals surface area contributed by atoms with Gasteiger partial charge in [-0.15, -0.1) is 0 Å². The van der Waals surface area contributed by atoms with Crippen molar-refractivity contribution in [2.24, 2.45) is 27.9 Å². The average molecular weight is 546 g/mol. The van der Waals surface area contributed by atoms with Crippen LogP contribution >= 0.6 is 0 Å². The van der Waals surface area contributed by atoms with Gasteiger partial charge in [-0.1, -0.05) is 18.2 Å². The standard InChI is InChI=1S/C25H39N9O5/c26-10-4-3-8-19(23(37)34-20(24(38)39)9-5-11-30-25(28)29)33-21(35)14-32-22(36)17(27)12-15-13-31-18-7-2-1-6-16(15)18/h1-2,6-7,13,17,19-20,31H,3-5,8-12,14,26-27H2,(H,32,36)(H,33,35)(H,34,37)(H,38,39)(H4,28,29,30). The third kappa shape index (κ3) is 10.6. The molecule has 3 atom stereocenters. The number of carbonyl (C=O) groups is 4. The normalized spacial score (nSPS) is 13.2. The molecule has 39 heavy (non-hydrogen) atoms. The molecule has 1 aromatic heterocycles. The number of carboxylic acids is 1. The summed E-state index contributed by atoms with van der Waals surface area (Å²) < 4.78 is 0. The van der Waals surface area contributed by atoms with Crippen LogP contribution in [0.1, 0.15) is 37.7 Å². The second-order valence-corrected chi connectivity index (χ2v) is 9.14. The molecule has 0 bridgehead atoms. The topological polar surface area (TPSA) is 257 Å². The van der Waals surface area contributed by atoms with E-state index in [9.17, 15) is 24.3 Å².